The normalized spacial score (nSPS) is 14.9. The lowest BCUT2D eigenvalue weighted by Crippen LogP contribution is -2.14. The van der Waals surface area contributed by atoms with Crippen molar-refractivity contribution in [1.82, 2.24) is 15.2 Å². The predicted octanol–water partition coefficient (Wildman–Crippen LogP) is 4.40. The van der Waals surface area contributed by atoms with Crippen LogP contribution >= 0.6 is 11.6 Å². The molecule has 7 nitrogen and oxygen atoms in total. The first kappa shape index (κ1) is 18.1. The van der Waals surface area contributed by atoms with Crippen LogP contribution in [-0.2, 0) is 10.0 Å². The smallest absolute Gasteiger partial charge is 0.264 e. The van der Waals surface area contributed by atoms with Gasteiger partial charge in [0.05, 0.1) is 16.3 Å². The second-order valence-corrected chi connectivity index (χ2v) is 8.76. The number of anilines is 1. The first-order chi connectivity index (χ1) is 12.9. The maximum absolute atomic E-state index is 13.1. The Kier molecular flexibility index (Phi) is 4.47. The molecule has 2 N–H and O–H groups in total. The highest BCUT2D eigenvalue weighted by atomic mass is 35.5. The molecule has 0 atom stereocenters. The van der Waals surface area contributed by atoms with Crippen LogP contribution in [0.5, 0.6) is 0 Å². The number of hydrogen-bond acceptors (Lipinski definition) is 5. The molecule has 9 heteroatoms. The van der Waals surface area contributed by atoms with E-state index in [9.17, 15) is 8.42 Å². The van der Waals surface area contributed by atoms with Crippen LogP contribution in [0.15, 0.2) is 33.6 Å². The van der Waals surface area contributed by atoms with E-state index in [0.717, 1.165) is 19.3 Å². The molecule has 1 aliphatic carbocycles. The van der Waals surface area contributed by atoms with E-state index < -0.39 is 10.0 Å². The summed E-state index contributed by atoms with van der Waals surface area (Å²) in [4.78, 5) is 3.15. The minimum Gasteiger partial charge on any atom is -0.420 e. The Bertz CT molecular complexity index is 1100. The molecule has 2 aromatic heterocycles. The first-order valence-electron chi connectivity index (χ1n) is 8.67. The van der Waals surface area contributed by atoms with Crippen molar-refractivity contribution in [2.45, 2.75) is 43.9 Å². The van der Waals surface area contributed by atoms with E-state index in [1.807, 2.05) is 0 Å². The molecule has 1 fully saturated rings. The summed E-state index contributed by atoms with van der Waals surface area (Å²) in [5.74, 6) is 1.04. The summed E-state index contributed by atoms with van der Waals surface area (Å²) in [6.45, 7) is 3.48. The average Bonchev–Trinajstić information content (AvgIpc) is 3.12. The third-order valence-electron chi connectivity index (χ3n) is 4.81. The van der Waals surface area contributed by atoms with Crippen LogP contribution in [0.4, 0.5) is 5.69 Å². The number of nitrogens with zero attached hydrogens (tertiary/aromatic N) is 2. The van der Waals surface area contributed by atoms with Crippen molar-refractivity contribution in [3.63, 3.8) is 0 Å². The lowest BCUT2D eigenvalue weighted by Gasteiger charge is -2.20. The SMILES string of the molecule is Cc1[nH]c(C)c(S(=O)(=O)Nc2ccccc2Cl)c1-c1nnc(C2CCC2)o1. The van der Waals surface area contributed by atoms with Crippen molar-refractivity contribution in [2.75, 3.05) is 4.72 Å². The fraction of sp³-hybridized carbons (Fsp3) is 0.333. The van der Waals surface area contributed by atoms with Gasteiger partial charge in [0.1, 0.15) is 4.90 Å². The lowest BCUT2D eigenvalue weighted by atomic mass is 9.85. The monoisotopic (exact) mass is 406 g/mol. The molecule has 0 saturated heterocycles. The zero-order valence-corrected chi connectivity index (χ0v) is 16.5. The Morgan fingerprint density at radius 3 is 2.59 bits per heavy atom. The Labute approximate surface area is 162 Å². The maximum atomic E-state index is 13.1. The average molecular weight is 407 g/mol. The zero-order chi connectivity index (χ0) is 19.2. The van der Waals surface area contributed by atoms with Crippen LogP contribution in [0, 0.1) is 13.8 Å². The number of H-pyrrole nitrogens is 1. The second-order valence-electron chi connectivity index (χ2n) is 6.74. The zero-order valence-electron chi connectivity index (χ0n) is 14.9. The van der Waals surface area contributed by atoms with E-state index in [0.29, 0.717) is 33.6 Å². The van der Waals surface area contributed by atoms with Gasteiger partial charge in [0.2, 0.25) is 5.89 Å². The van der Waals surface area contributed by atoms with Crippen molar-refractivity contribution in [2.24, 2.45) is 0 Å². The Balaban J connectivity index is 1.77. The van der Waals surface area contributed by atoms with Crippen molar-refractivity contribution >= 4 is 27.3 Å². The number of para-hydroxylation sites is 1. The minimum absolute atomic E-state index is 0.0868. The van der Waals surface area contributed by atoms with Crippen LogP contribution in [0.25, 0.3) is 11.5 Å². The largest absolute Gasteiger partial charge is 0.420 e. The number of rotatable bonds is 5. The third kappa shape index (κ3) is 3.23. The summed E-state index contributed by atoms with van der Waals surface area (Å²) >= 11 is 6.10. The van der Waals surface area contributed by atoms with Crippen LogP contribution in [0.3, 0.4) is 0 Å². The van der Waals surface area contributed by atoms with E-state index in [1.165, 1.54) is 0 Å². The van der Waals surface area contributed by atoms with Crippen molar-refractivity contribution in [3.05, 3.63) is 46.6 Å². The first-order valence-corrected chi connectivity index (χ1v) is 10.5. The van der Waals surface area contributed by atoms with E-state index >= 15 is 0 Å². The van der Waals surface area contributed by atoms with Crippen LogP contribution in [-0.4, -0.2) is 23.6 Å². The summed E-state index contributed by atoms with van der Waals surface area (Å²) in [6.07, 6.45) is 3.18. The highest BCUT2D eigenvalue weighted by Crippen LogP contribution is 2.39. The molecule has 2 heterocycles. The molecular weight excluding hydrogens is 388 g/mol. The fourth-order valence-corrected chi connectivity index (χ4v) is 5.02. The quantitative estimate of drug-likeness (QED) is 0.653. The highest BCUT2D eigenvalue weighted by Gasteiger charge is 2.31. The van der Waals surface area contributed by atoms with E-state index in [1.54, 1.807) is 38.1 Å². The van der Waals surface area contributed by atoms with Gasteiger partial charge in [-0.3, -0.25) is 4.72 Å². The molecule has 3 aromatic rings. The molecule has 0 radical (unpaired) electrons. The van der Waals surface area contributed by atoms with Gasteiger partial charge in [0.15, 0.2) is 0 Å². The highest BCUT2D eigenvalue weighted by molar-refractivity contribution is 7.93. The number of aryl methyl sites for hydroxylation is 2. The lowest BCUT2D eigenvalue weighted by molar-refractivity contribution is 0.338. The molecule has 27 heavy (non-hydrogen) atoms. The molecule has 1 aliphatic rings. The van der Waals surface area contributed by atoms with Gasteiger partial charge in [-0.2, -0.15) is 0 Å². The molecule has 0 amide bonds. The van der Waals surface area contributed by atoms with E-state index in [-0.39, 0.29) is 16.7 Å². The topological polar surface area (TPSA) is 101 Å². The number of aromatic nitrogens is 3. The number of aromatic amines is 1. The van der Waals surface area contributed by atoms with Gasteiger partial charge in [-0.1, -0.05) is 30.2 Å². The number of benzene rings is 1. The molecule has 0 aliphatic heterocycles. The summed E-state index contributed by atoms with van der Waals surface area (Å²) in [5.41, 5.74) is 1.84. The summed E-state index contributed by atoms with van der Waals surface area (Å²) in [5, 5.41) is 8.54. The summed E-state index contributed by atoms with van der Waals surface area (Å²) < 4.78 is 34.6. The minimum atomic E-state index is -3.92. The third-order valence-corrected chi connectivity index (χ3v) is 6.68. The van der Waals surface area contributed by atoms with Gasteiger partial charge in [0.25, 0.3) is 15.9 Å². The Hall–Kier alpha value is -2.32. The maximum Gasteiger partial charge on any atom is 0.264 e. The predicted molar refractivity (Wildman–Crippen MR) is 102 cm³/mol. The standard InChI is InChI=1S/C18H19ClN4O3S/c1-10-15(18-22-21-17(26-18)12-6-5-7-12)16(11(2)20-10)27(24,25)23-14-9-4-3-8-13(14)19/h3-4,8-9,12,20,23H,5-7H2,1-2H3. The molecule has 4 rings (SSSR count). The fourth-order valence-electron chi connectivity index (χ4n) is 3.25. The number of nitrogens with one attached hydrogen (secondary N) is 2. The van der Waals surface area contributed by atoms with Gasteiger partial charge in [-0.05, 0) is 38.8 Å². The molecule has 142 valence electrons. The van der Waals surface area contributed by atoms with Crippen LogP contribution in [0.2, 0.25) is 5.02 Å². The molecule has 1 saturated carbocycles. The molecule has 1 aromatic carbocycles. The van der Waals surface area contributed by atoms with Crippen LogP contribution < -0.4 is 4.72 Å². The molecule has 0 bridgehead atoms. The van der Waals surface area contributed by atoms with E-state index in [4.69, 9.17) is 16.0 Å². The van der Waals surface area contributed by atoms with E-state index in [2.05, 4.69) is 19.9 Å². The number of hydrogen-bond donors (Lipinski definition) is 2. The van der Waals surface area contributed by atoms with Gasteiger partial charge < -0.3 is 9.40 Å². The van der Waals surface area contributed by atoms with Crippen molar-refractivity contribution < 1.29 is 12.8 Å². The number of halogens is 1. The molecule has 0 spiro atoms. The summed E-state index contributed by atoms with van der Waals surface area (Å²) in [7, 11) is -3.92. The Morgan fingerprint density at radius 2 is 1.93 bits per heavy atom. The summed E-state index contributed by atoms with van der Waals surface area (Å²) in [6, 6.07) is 6.68. The van der Waals surface area contributed by atoms with Gasteiger partial charge >= 0.3 is 0 Å². The molecule has 0 unspecified atom stereocenters. The van der Waals surface area contributed by atoms with Crippen LogP contribution in [0.1, 0.15) is 42.5 Å². The van der Waals surface area contributed by atoms with Crippen molar-refractivity contribution in [1.29, 1.82) is 0 Å². The molecular formula is C18H19ClN4O3S. The van der Waals surface area contributed by atoms with Gasteiger partial charge in [0, 0.05) is 17.3 Å². The van der Waals surface area contributed by atoms with Gasteiger partial charge in [-0.15, -0.1) is 10.2 Å². The number of sulfonamides is 1. The Morgan fingerprint density at radius 1 is 1.19 bits per heavy atom. The van der Waals surface area contributed by atoms with Crippen molar-refractivity contribution in [3.8, 4) is 11.5 Å². The second kappa shape index (κ2) is 6.69. The van der Waals surface area contributed by atoms with Gasteiger partial charge in [-0.25, -0.2) is 8.42 Å².